The molecule has 3 aromatic rings. The zero-order valence-corrected chi connectivity index (χ0v) is 12.3. The molecule has 2 aromatic carbocycles. The number of hydrogen-bond acceptors (Lipinski definition) is 3. The quantitative estimate of drug-likeness (QED) is 0.689. The van der Waals surface area contributed by atoms with Crippen LogP contribution in [0.1, 0.15) is 10.4 Å². The Kier molecular flexibility index (Phi) is 3.87. The van der Waals surface area contributed by atoms with Crippen LogP contribution < -0.4 is 5.56 Å². The monoisotopic (exact) mass is 325 g/mol. The maximum Gasteiger partial charge on any atom is 0.335 e. The van der Waals surface area contributed by atoms with Crippen molar-refractivity contribution in [3.63, 3.8) is 0 Å². The molecule has 1 heterocycles. The second kappa shape index (κ2) is 6.00. The number of rotatable bonds is 3. The third-order valence-electron chi connectivity index (χ3n) is 3.60. The van der Waals surface area contributed by atoms with Crippen molar-refractivity contribution < 1.29 is 19.4 Å². The molecule has 0 bridgehead atoms. The summed E-state index contributed by atoms with van der Waals surface area (Å²) in [4.78, 5) is 25.3. The number of carboxylic acids is 1. The maximum absolute atomic E-state index is 13.1. The zero-order valence-electron chi connectivity index (χ0n) is 12.3. The zero-order chi connectivity index (χ0) is 17.3. The van der Waals surface area contributed by atoms with E-state index in [4.69, 9.17) is 5.11 Å². The smallest absolute Gasteiger partial charge is 0.335 e. The molecular formula is C18H12FNO4. The molecule has 5 nitrogen and oxygen atoms in total. The van der Waals surface area contributed by atoms with Crippen molar-refractivity contribution in [2.45, 2.75) is 0 Å². The maximum atomic E-state index is 13.1. The number of nitrogens with one attached hydrogen (secondary N) is 1. The van der Waals surface area contributed by atoms with Gasteiger partial charge in [0.2, 0.25) is 0 Å². The van der Waals surface area contributed by atoms with E-state index < -0.39 is 23.1 Å². The van der Waals surface area contributed by atoms with Gasteiger partial charge in [-0.3, -0.25) is 4.79 Å². The minimum atomic E-state index is -1.05. The Morgan fingerprint density at radius 3 is 2.12 bits per heavy atom. The van der Waals surface area contributed by atoms with Crippen LogP contribution in [0.5, 0.6) is 5.75 Å². The Hall–Kier alpha value is -3.41. The Balaban J connectivity index is 2.19. The Labute approximate surface area is 135 Å². The molecule has 0 radical (unpaired) electrons. The van der Waals surface area contributed by atoms with Crippen molar-refractivity contribution in [1.29, 1.82) is 0 Å². The van der Waals surface area contributed by atoms with E-state index in [2.05, 4.69) is 4.98 Å². The Bertz CT molecular complexity index is 960. The summed E-state index contributed by atoms with van der Waals surface area (Å²) in [5, 5.41) is 18.7. The fraction of sp³-hybridized carbons (Fsp3) is 0. The number of carbonyl (C=O) groups is 1. The second-order valence-corrected chi connectivity index (χ2v) is 5.16. The van der Waals surface area contributed by atoms with Gasteiger partial charge in [0.1, 0.15) is 5.82 Å². The van der Waals surface area contributed by atoms with Gasteiger partial charge in [-0.05, 0) is 53.6 Å². The molecule has 0 aliphatic carbocycles. The van der Waals surface area contributed by atoms with Crippen LogP contribution >= 0.6 is 0 Å². The van der Waals surface area contributed by atoms with Crippen LogP contribution in [-0.4, -0.2) is 21.2 Å². The van der Waals surface area contributed by atoms with E-state index in [-0.39, 0.29) is 5.56 Å². The van der Waals surface area contributed by atoms with E-state index in [0.717, 1.165) is 0 Å². The van der Waals surface area contributed by atoms with Gasteiger partial charge in [0.15, 0.2) is 5.75 Å². The number of hydrogen-bond donors (Lipinski definition) is 3. The van der Waals surface area contributed by atoms with E-state index in [1.165, 1.54) is 42.5 Å². The van der Waals surface area contributed by atoms with Crippen LogP contribution in [0.4, 0.5) is 4.39 Å². The standard InChI is InChI=1S/C18H12FNO4/c19-13-7-5-11(6-8-13)16-14(9-15(21)17(22)20-16)10-1-3-12(4-2-10)18(23)24/h1-9,21H,(H,20,22)(H,23,24). The lowest BCUT2D eigenvalue weighted by Gasteiger charge is -2.11. The number of halogens is 1. The minimum absolute atomic E-state index is 0.121. The van der Waals surface area contributed by atoms with E-state index in [9.17, 15) is 19.1 Å². The molecule has 0 fully saturated rings. The van der Waals surface area contributed by atoms with E-state index in [1.807, 2.05) is 0 Å². The molecule has 1 aromatic heterocycles. The van der Waals surface area contributed by atoms with E-state index in [0.29, 0.717) is 22.4 Å². The lowest BCUT2D eigenvalue weighted by Crippen LogP contribution is -2.07. The van der Waals surface area contributed by atoms with Gasteiger partial charge in [-0.25, -0.2) is 9.18 Å². The number of benzene rings is 2. The molecule has 24 heavy (non-hydrogen) atoms. The van der Waals surface area contributed by atoms with Crippen molar-refractivity contribution in [3.8, 4) is 28.1 Å². The third-order valence-corrected chi connectivity index (χ3v) is 3.60. The molecule has 0 aliphatic rings. The summed E-state index contributed by atoms with van der Waals surface area (Å²) in [6.07, 6.45) is 0. The van der Waals surface area contributed by atoms with Gasteiger partial charge in [0.25, 0.3) is 5.56 Å². The van der Waals surface area contributed by atoms with Crippen molar-refractivity contribution in [1.82, 2.24) is 4.98 Å². The predicted octanol–water partition coefficient (Wildman–Crippen LogP) is 3.25. The summed E-state index contributed by atoms with van der Waals surface area (Å²) in [7, 11) is 0. The highest BCUT2D eigenvalue weighted by Gasteiger charge is 2.13. The first-order valence-corrected chi connectivity index (χ1v) is 7.01. The fourth-order valence-electron chi connectivity index (χ4n) is 2.38. The molecule has 3 N–H and O–H groups in total. The van der Waals surface area contributed by atoms with Gasteiger partial charge >= 0.3 is 5.97 Å². The first-order valence-electron chi connectivity index (χ1n) is 7.01. The molecule has 0 amide bonds. The first-order chi connectivity index (χ1) is 11.5. The lowest BCUT2D eigenvalue weighted by atomic mass is 9.98. The van der Waals surface area contributed by atoms with Gasteiger partial charge in [-0.2, -0.15) is 0 Å². The molecule has 3 rings (SSSR count). The number of aromatic carboxylic acids is 1. The van der Waals surface area contributed by atoms with Gasteiger partial charge in [-0.1, -0.05) is 12.1 Å². The van der Waals surface area contributed by atoms with Crippen LogP contribution in [0.25, 0.3) is 22.4 Å². The summed E-state index contributed by atoms with van der Waals surface area (Å²) in [6, 6.07) is 12.8. The van der Waals surface area contributed by atoms with Crippen LogP contribution in [0.2, 0.25) is 0 Å². The highest BCUT2D eigenvalue weighted by Crippen LogP contribution is 2.31. The summed E-state index contributed by atoms with van der Waals surface area (Å²) in [5.41, 5.74) is 1.52. The average molecular weight is 325 g/mol. The highest BCUT2D eigenvalue weighted by molar-refractivity contribution is 5.89. The molecule has 0 saturated carbocycles. The fourth-order valence-corrected chi connectivity index (χ4v) is 2.38. The Morgan fingerprint density at radius 1 is 0.958 bits per heavy atom. The first kappa shape index (κ1) is 15.5. The molecule has 0 aliphatic heterocycles. The summed E-state index contributed by atoms with van der Waals surface area (Å²) >= 11 is 0. The van der Waals surface area contributed by atoms with Gasteiger partial charge in [-0.15, -0.1) is 0 Å². The molecule has 0 atom stereocenters. The number of carboxylic acid groups (broad SMARTS) is 1. The summed E-state index contributed by atoms with van der Waals surface area (Å²) < 4.78 is 13.1. The molecule has 0 unspecified atom stereocenters. The number of H-pyrrole nitrogens is 1. The molecule has 120 valence electrons. The van der Waals surface area contributed by atoms with E-state index >= 15 is 0 Å². The highest BCUT2D eigenvalue weighted by atomic mass is 19.1. The van der Waals surface area contributed by atoms with Crippen LogP contribution in [-0.2, 0) is 0 Å². The van der Waals surface area contributed by atoms with Gasteiger partial charge in [0.05, 0.1) is 11.3 Å². The van der Waals surface area contributed by atoms with Gasteiger partial charge < -0.3 is 15.2 Å². The second-order valence-electron chi connectivity index (χ2n) is 5.16. The number of aromatic amines is 1. The minimum Gasteiger partial charge on any atom is -0.503 e. The average Bonchev–Trinajstić information content (AvgIpc) is 2.58. The van der Waals surface area contributed by atoms with Gasteiger partial charge in [0, 0.05) is 5.56 Å². The van der Waals surface area contributed by atoms with Crippen molar-refractivity contribution in [2.24, 2.45) is 0 Å². The third kappa shape index (κ3) is 2.89. The molecular weight excluding hydrogens is 313 g/mol. The lowest BCUT2D eigenvalue weighted by molar-refractivity contribution is 0.0697. The SMILES string of the molecule is O=C(O)c1ccc(-c2cc(O)c(=O)[nH]c2-c2ccc(F)cc2)cc1. The van der Waals surface area contributed by atoms with Crippen molar-refractivity contribution in [3.05, 3.63) is 76.3 Å². The van der Waals surface area contributed by atoms with Crippen molar-refractivity contribution >= 4 is 5.97 Å². The molecule has 0 saturated heterocycles. The van der Waals surface area contributed by atoms with E-state index in [1.54, 1.807) is 12.1 Å². The summed E-state index contributed by atoms with van der Waals surface area (Å²) in [5.74, 6) is -1.92. The topological polar surface area (TPSA) is 90.4 Å². The normalized spacial score (nSPS) is 10.5. The summed E-state index contributed by atoms with van der Waals surface area (Å²) in [6.45, 7) is 0. The van der Waals surface area contributed by atoms with Crippen LogP contribution in [0, 0.1) is 5.82 Å². The largest absolute Gasteiger partial charge is 0.503 e. The molecule has 0 spiro atoms. The molecule has 6 heteroatoms. The number of pyridine rings is 1. The Morgan fingerprint density at radius 2 is 1.54 bits per heavy atom. The number of aromatic hydroxyl groups is 1. The van der Waals surface area contributed by atoms with Crippen molar-refractivity contribution in [2.75, 3.05) is 0 Å². The predicted molar refractivity (Wildman–Crippen MR) is 86.5 cm³/mol. The van der Waals surface area contributed by atoms with Crippen LogP contribution in [0.3, 0.4) is 0 Å². The number of aromatic nitrogens is 1. The van der Waals surface area contributed by atoms with Crippen LogP contribution in [0.15, 0.2) is 59.4 Å².